The molecule has 4 rings (SSSR count). The summed E-state index contributed by atoms with van der Waals surface area (Å²) in [6.45, 7) is 8.39. The number of amides is 2. The minimum atomic E-state index is -0.512. The molecule has 0 aliphatic carbocycles. The lowest BCUT2D eigenvalue weighted by Crippen LogP contribution is -2.53. The smallest absolute Gasteiger partial charge is 0.274 e. The molecule has 2 amide bonds. The number of piperidine rings is 1. The maximum Gasteiger partial charge on any atom is 0.274 e. The van der Waals surface area contributed by atoms with Crippen molar-refractivity contribution in [3.8, 4) is 0 Å². The van der Waals surface area contributed by atoms with Gasteiger partial charge in [0.1, 0.15) is 0 Å². The fourth-order valence-electron chi connectivity index (χ4n) is 4.91. The van der Waals surface area contributed by atoms with Crippen LogP contribution in [0.2, 0.25) is 0 Å². The van der Waals surface area contributed by atoms with Gasteiger partial charge in [0.2, 0.25) is 0 Å². The van der Waals surface area contributed by atoms with Crippen LogP contribution in [0.4, 0.5) is 0 Å². The van der Waals surface area contributed by atoms with Gasteiger partial charge in [0, 0.05) is 49.9 Å². The third-order valence-electron chi connectivity index (χ3n) is 6.73. The molecule has 2 fully saturated rings. The van der Waals surface area contributed by atoms with Crippen LogP contribution in [0.5, 0.6) is 0 Å². The Morgan fingerprint density at radius 1 is 0.879 bits per heavy atom. The van der Waals surface area contributed by atoms with E-state index in [9.17, 15) is 9.59 Å². The molecule has 2 saturated heterocycles. The molecule has 0 bridgehead atoms. The molecule has 0 saturated carbocycles. The van der Waals surface area contributed by atoms with Gasteiger partial charge in [0.05, 0.1) is 0 Å². The first-order chi connectivity index (χ1) is 16.0. The zero-order valence-corrected chi connectivity index (χ0v) is 19.4. The van der Waals surface area contributed by atoms with Crippen molar-refractivity contribution < 1.29 is 14.8 Å². The van der Waals surface area contributed by atoms with Crippen LogP contribution in [0.15, 0.2) is 48.5 Å². The molecule has 176 valence electrons. The third-order valence-corrected chi connectivity index (χ3v) is 6.73. The molecule has 2 aromatic carbocycles. The standard InChI is InChI=1S/C26H34N4O3/c1-20-17-29(18-21-8-10-23(11-9-21)25(31)27-33)14-15-30(20)26(32)24-7-5-6-22(16-24)19-28-12-3-2-4-13-28/h5-11,16,20,33H,2-4,12-15,17-19H2,1H3,(H,27,31)/t20-/m0/s1. The van der Waals surface area contributed by atoms with Crippen molar-refractivity contribution in [3.05, 3.63) is 70.8 Å². The molecule has 2 aliphatic rings. The van der Waals surface area contributed by atoms with Gasteiger partial charge in [0.15, 0.2) is 0 Å². The van der Waals surface area contributed by atoms with Gasteiger partial charge in [0.25, 0.3) is 11.8 Å². The van der Waals surface area contributed by atoms with Crippen LogP contribution < -0.4 is 5.48 Å². The number of hydrogen-bond acceptors (Lipinski definition) is 5. The summed E-state index contributed by atoms with van der Waals surface area (Å²) in [7, 11) is 0. The second kappa shape index (κ2) is 10.9. The first kappa shape index (κ1) is 23.4. The summed E-state index contributed by atoms with van der Waals surface area (Å²) in [5.41, 5.74) is 5.17. The predicted molar refractivity (Wildman–Crippen MR) is 127 cm³/mol. The number of likely N-dealkylation sites (tertiary alicyclic amines) is 1. The van der Waals surface area contributed by atoms with E-state index in [1.54, 1.807) is 17.6 Å². The number of piperazine rings is 1. The van der Waals surface area contributed by atoms with Crippen LogP contribution in [0.1, 0.15) is 58.0 Å². The Hall–Kier alpha value is -2.74. The fourth-order valence-corrected chi connectivity index (χ4v) is 4.91. The van der Waals surface area contributed by atoms with Crippen LogP contribution in [-0.4, -0.2) is 70.5 Å². The molecule has 33 heavy (non-hydrogen) atoms. The molecule has 7 heteroatoms. The molecule has 2 heterocycles. The Balaban J connectivity index is 1.33. The number of carbonyl (C=O) groups is 2. The second-order valence-corrected chi connectivity index (χ2v) is 9.26. The number of hydrogen-bond donors (Lipinski definition) is 2. The summed E-state index contributed by atoms with van der Waals surface area (Å²) < 4.78 is 0. The van der Waals surface area contributed by atoms with Crippen molar-refractivity contribution in [3.63, 3.8) is 0 Å². The van der Waals surface area contributed by atoms with Crippen LogP contribution in [0.25, 0.3) is 0 Å². The lowest BCUT2D eigenvalue weighted by atomic mass is 10.1. The van der Waals surface area contributed by atoms with Gasteiger partial charge in [-0.15, -0.1) is 0 Å². The monoisotopic (exact) mass is 450 g/mol. The van der Waals surface area contributed by atoms with Crippen LogP contribution >= 0.6 is 0 Å². The van der Waals surface area contributed by atoms with E-state index in [1.165, 1.54) is 24.8 Å². The molecule has 1 atom stereocenters. The number of hydroxylamine groups is 1. The first-order valence-corrected chi connectivity index (χ1v) is 11.9. The number of nitrogens with one attached hydrogen (secondary N) is 1. The Bertz CT molecular complexity index is 956. The normalized spacial score (nSPS) is 19.9. The lowest BCUT2D eigenvalue weighted by molar-refractivity contribution is 0.0475. The van der Waals surface area contributed by atoms with E-state index in [0.717, 1.165) is 50.4 Å². The highest BCUT2D eigenvalue weighted by Gasteiger charge is 2.28. The van der Waals surface area contributed by atoms with E-state index in [2.05, 4.69) is 28.9 Å². The zero-order chi connectivity index (χ0) is 23.2. The topological polar surface area (TPSA) is 76.1 Å². The van der Waals surface area contributed by atoms with Crippen molar-refractivity contribution in [2.24, 2.45) is 0 Å². The average Bonchev–Trinajstić information content (AvgIpc) is 2.84. The Morgan fingerprint density at radius 2 is 1.61 bits per heavy atom. The summed E-state index contributed by atoms with van der Waals surface area (Å²) in [5.74, 6) is -0.399. The Morgan fingerprint density at radius 3 is 2.30 bits per heavy atom. The fraction of sp³-hybridized carbons (Fsp3) is 0.462. The van der Waals surface area contributed by atoms with Gasteiger partial charge in [-0.25, -0.2) is 5.48 Å². The average molecular weight is 451 g/mol. The van der Waals surface area contributed by atoms with Gasteiger partial charge in [-0.05, 0) is 68.2 Å². The van der Waals surface area contributed by atoms with E-state index >= 15 is 0 Å². The van der Waals surface area contributed by atoms with Crippen molar-refractivity contribution in [2.75, 3.05) is 32.7 Å². The van der Waals surface area contributed by atoms with E-state index in [-0.39, 0.29) is 11.9 Å². The number of nitrogens with zero attached hydrogens (tertiary/aromatic N) is 3. The minimum absolute atomic E-state index is 0.113. The van der Waals surface area contributed by atoms with Gasteiger partial charge < -0.3 is 4.90 Å². The number of rotatable bonds is 6. The van der Waals surface area contributed by atoms with E-state index in [0.29, 0.717) is 12.1 Å². The maximum absolute atomic E-state index is 13.3. The molecule has 0 radical (unpaired) electrons. The summed E-state index contributed by atoms with van der Waals surface area (Å²) in [4.78, 5) is 31.6. The molecule has 2 aliphatic heterocycles. The summed E-state index contributed by atoms with van der Waals surface area (Å²) in [6, 6.07) is 15.5. The largest absolute Gasteiger partial charge is 0.333 e. The zero-order valence-electron chi connectivity index (χ0n) is 19.4. The summed E-state index contributed by atoms with van der Waals surface area (Å²) in [6.07, 6.45) is 3.86. The molecular formula is C26H34N4O3. The quantitative estimate of drug-likeness (QED) is 0.522. The van der Waals surface area contributed by atoms with Crippen LogP contribution in [0.3, 0.4) is 0 Å². The van der Waals surface area contributed by atoms with E-state index in [1.807, 2.05) is 29.2 Å². The SMILES string of the molecule is C[C@H]1CN(Cc2ccc(C(=O)NO)cc2)CCN1C(=O)c1cccc(CN2CCCCC2)c1. The van der Waals surface area contributed by atoms with Crippen LogP contribution in [-0.2, 0) is 13.1 Å². The Labute approximate surface area is 195 Å². The van der Waals surface area contributed by atoms with E-state index in [4.69, 9.17) is 5.21 Å². The van der Waals surface area contributed by atoms with Gasteiger partial charge in [-0.1, -0.05) is 30.7 Å². The molecule has 0 aromatic heterocycles. The van der Waals surface area contributed by atoms with Crippen LogP contribution in [0, 0.1) is 0 Å². The predicted octanol–water partition coefficient (Wildman–Crippen LogP) is 3.14. The van der Waals surface area contributed by atoms with Crippen molar-refractivity contribution in [2.45, 2.75) is 45.3 Å². The lowest BCUT2D eigenvalue weighted by Gasteiger charge is -2.40. The maximum atomic E-state index is 13.3. The highest BCUT2D eigenvalue weighted by atomic mass is 16.5. The molecule has 2 N–H and O–H groups in total. The highest BCUT2D eigenvalue weighted by molar-refractivity contribution is 5.94. The molecular weight excluding hydrogens is 416 g/mol. The van der Waals surface area contributed by atoms with Crippen molar-refractivity contribution in [1.82, 2.24) is 20.2 Å². The first-order valence-electron chi connectivity index (χ1n) is 11.9. The van der Waals surface area contributed by atoms with Gasteiger partial charge in [-0.3, -0.25) is 24.6 Å². The molecule has 0 unspecified atom stereocenters. The molecule has 0 spiro atoms. The van der Waals surface area contributed by atoms with Gasteiger partial charge in [-0.2, -0.15) is 0 Å². The Kier molecular flexibility index (Phi) is 7.75. The number of benzene rings is 2. The number of carbonyl (C=O) groups excluding carboxylic acids is 2. The summed E-state index contributed by atoms with van der Waals surface area (Å²) >= 11 is 0. The van der Waals surface area contributed by atoms with Gasteiger partial charge >= 0.3 is 0 Å². The second-order valence-electron chi connectivity index (χ2n) is 9.26. The van der Waals surface area contributed by atoms with E-state index < -0.39 is 5.91 Å². The highest BCUT2D eigenvalue weighted by Crippen LogP contribution is 2.19. The third kappa shape index (κ3) is 5.99. The molecule has 7 nitrogen and oxygen atoms in total. The minimum Gasteiger partial charge on any atom is -0.333 e. The van der Waals surface area contributed by atoms with Crippen molar-refractivity contribution >= 4 is 11.8 Å². The molecule has 2 aromatic rings. The summed E-state index contributed by atoms with van der Waals surface area (Å²) in [5, 5.41) is 8.75. The van der Waals surface area contributed by atoms with Crippen molar-refractivity contribution in [1.29, 1.82) is 0 Å².